The average molecular weight is 230 g/mol. The van der Waals surface area contributed by atoms with Crippen LogP contribution >= 0.6 is 0 Å². The molecule has 3 rings (SSSR count). The second-order valence-corrected chi connectivity index (χ2v) is 4.05. The van der Waals surface area contributed by atoms with Gasteiger partial charge in [0, 0.05) is 12.2 Å². The first-order chi connectivity index (χ1) is 8.31. The van der Waals surface area contributed by atoms with Gasteiger partial charge in [-0.15, -0.1) is 0 Å². The highest BCUT2D eigenvalue weighted by Gasteiger charge is 2.21. The van der Waals surface area contributed by atoms with Crippen LogP contribution in [-0.4, -0.2) is 21.0 Å². The van der Waals surface area contributed by atoms with E-state index in [4.69, 9.17) is 0 Å². The van der Waals surface area contributed by atoms with Crippen LogP contribution in [0.1, 0.15) is 12.8 Å². The SMILES string of the molecule is Fc1ccc(-c2ccnc(NC3CC3)n2)nc1. The van der Waals surface area contributed by atoms with Crippen molar-refractivity contribution in [1.29, 1.82) is 0 Å². The van der Waals surface area contributed by atoms with Crippen molar-refractivity contribution in [3.05, 3.63) is 36.4 Å². The molecule has 0 aromatic carbocycles. The minimum absolute atomic E-state index is 0.348. The molecule has 0 radical (unpaired) electrons. The van der Waals surface area contributed by atoms with E-state index in [9.17, 15) is 4.39 Å². The fourth-order valence-electron chi connectivity index (χ4n) is 1.51. The van der Waals surface area contributed by atoms with E-state index in [-0.39, 0.29) is 5.82 Å². The van der Waals surface area contributed by atoms with Crippen LogP contribution in [0.25, 0.3) is 11.4 Å². The topological polar surface area (TPSA) is 50.7 Å². The van der Waals surface area contributed by atoms with Crippen molar-refractivity contribution in [2.24, 2.45) is 0 Å². The van der Waals surface area contributed by atoms with Gasteiger partial charge in [0.05, 0.1) is 17.6 Å². The van der Waals surface area contributed by atoms with Crippen molar-refractivity contribution in [3.63, 3.8) is 0 Å². The number of hydrogen-bond donors (Lipinski definition) is 1. The smallest absolute Gasteiger partial charge is 0.223 e. The lowest BCUT2D eigenvalue weighted by molar-refractivity contribution is 0.622. The largest absolute Gasteiger partial charge is 0.351 e. The molecule has 1 saturated carbocycles. The van der Waals surface area contributed by atoms with Crippen LogP contribution in [0.3, 0.4) is 0 Å². The average Bonchev–Trinajstić information content (AvgIpc) is 3.14. The number of hydrogen-bond acceptors (Lipinski definition) is 4. The van der Waals surface area contributed by atoms with E-state index < -0.39 is 0 Å². The van der Waals surface area contributed by atoms with Gasteiger partial charge in [-0.1, -0.05) is 0 Å². The molecule has 0 spiro atoms. The van der Waals surface area contributed by atoms with E-state index in [2.05, 4.69) is 20.3 Å². The number of halogens is 1. The molecule has 1 aliphatic carbocycles. The lowest BCUT2D eigenvalue weighted by Crippen LogP contribution is -2.05. The molecular weight excluding hydrogens is 219 g/mol. The normalized spacial score (nSPS) is 14.6. The van der Waals surface area contributed by atoms with E-state index in [1.54, 1.807) is 18.3 Å². The van der Waals surface area contributed by atoms with Crippen LogP contribution in [0, 0.1) is 5.82 Å². The Bertz CT molecular complexity index is 522. The zero-order chi connectivity index (χ0) is 11.7. The van der Waals surface area contributed by atoms with Crippen LogP contribution < -0.4 is 5.32 Å². The third-order valence-electron chi connectivity index (χ3n) is 2.56. The Hall–Kier alpha value is -2.04. The van der Waals surface area contributed by atoms with Gasteiger partial charge in [0.2, 0.25) is 5.95 Å². The summed E-state index contributed by atoms with van der Waals surface area (Å²) in [6.45, 7) is 0. The highest BCUT2D eigenvalue weighted by atomic mass is 19.1. The molecule has 4 nitrogen and oxygen atoms in total. The monoisotopic (exact) mass is 230 g/mol. The Morgan fingerprint density at radius 2 is 2.00 bits per heavy atom. The Labute approximate surface area is 98.0 Å². The molecule has 0 aliphatic heterocycles. The molecule has 0 amide bonds. The summed E-state index contributed by atoms with van der Waals surface area (Å²) >= 11 is 0. The first-order valence-corrected chi connectivity index (χ1v) is 5.53. The molecule has 17 heavy (non-hydrogen) atoms. The maximum atomic E-state index is 12.8. The lowest BCUT2D eigenvalue weighted by atomic mass is 10.2. The van der Waals surface area contributed by atoms with Crippen LogP contribution in [0.2, 0.25) is 0 Å². The zero-order valence-electron chi connectivity index (χ0n) is 9.10. The van der Waals surface area contributed by atoms with Gasteiger partial charge in [0.25, 0.3) is 0 Å². The first kappa shape index (κ1) is 10.1. The van der Waals surface area contributed by atoms with Gasteiger partial charge in [0.1, 0.15) is 5.82 Å². The van der Waals surface area contributed by atoms with Crippen molar-refractivity contribution in [1.82, 2.24) is 15.0 Å². The molecule has 0 bridgehead atoms. The number of aromatic nitrogens is 3. The van der Waals surface area contributed by atoms with Crippen molar-refractivity contribution < 1.29 is 4.39 Å². The molecular formula is C12H11FN4. The Kier molecular flexibility index (Phi) is 2.44. The van der Waals surface area contributed by atoms with Crippen molar-refractivity contribution >= 4 is 5.95 Å². The van der Waals surface area contributed by atoms with Gasteiger partial charge in [-0.2, -0.15) is 0 Å². The number of nitrogens with zero attached hydrogens (tertiary/aromatic N) is 3. The molecule has 1 aliphatic rings. The van der Waals surface area contributed by atoms with Crippen LogP contribution in [0.15, 0.2) is 30.6 Å². The molecule has 2 aromatic rings. The van der Waals surface area contributed by atoms with E-state index in [1.807, 2.05) is 0 Å². The highest BCUT2D eigenvalue weighted by Crippen LogP contribution is 2.23. The summed E-state index contributed by atoms with van der Waals surface area (Å²) in [6.07, 6.45) is 5.20. The van der Waals surface area contributed by atoms with Gasteiger partial charge < -0.3 is 5.32 Å². The maximum absolute atomic E-state index is 12.8. The molecule has 0 saturated heterocycles. The Balaban J connectivity index is 1.88. The molecule has 2 heterocycles. The number of nitrogens with one attached hydrogen (secondary N) is 1. The number of rotatable bonds is 3. The molecule has 5 heteroatoms. The second kappa shape index (κ2) is 4.08. The van der Waals surface area contributed by atoms with Crippen molar-refractivity contribution in [3.8, 4) is 11.4 Å². The Morgan fingerprint density at radius 3 is 2.71 bits per heavy atom. The number of anilines is 1. The minimum atomic E-state index is -0.348. The fraction of sp³-hybridized carbons (Fsp3) is 0.250. The van der Waals surface area contributed by atoms with Crippen LogP contribution in [0.4, 0.5) is 10.3 Å². The van der Waals surface area contributed by atoms with Gasteiger partial charge in [-0.3, -0.25) is 4.98 Å². The molecule has 1 fully saturated rings. The summed E-state index contributed by atoms with van der Waals surface area (Å²) in [5.41, 5.74) is 1.34. The second-order valence-electron chi connectivity index (χ2n) is 4.05. The standard InChI is InChI=1S/C12H11FN4/c13-8-1-4-10(15-7-8)11-5-6-14-12(17-11)16-9-2-3-9/h1,4-7,9H,2-3H2,(H,14,16,17). The summed E-state index contributed by atoms with van der Waals surface area (Å²) in [7, 11) is 0. The highest BCUT2D eigenvalue weighted by molar-refractivity contribution is 5.55. The summed E-state index contributed by atoms with van der Waals surface area (Å²) < 4.78 is 12.8. The minimum Gasteiger partial charge on any atom is -0.351 e. The molecule has 86 valence electrons. The quantitative estimate of drug-likeness (QED) is 0.878. The molecule has 2 aromatic heterocycles. The summed E-state index contributed by atoms with van der Waals surface area (Å²) in [5.74, 6) is 0.260. The van der Waals surface area contributed by atoms with Gasteiger partial charge in [-0.05, 0) is 31.0 Å². The maximum Gasteiger partial charge on any atom is 0.223 e. The third-order valence-corrected chi connectivity index (χ3v) is 2.56. The lowest BCUT2D eigenvalue weighted by Gasteiger charge is -2.04. The number of pyridine rings is 1. The van der Waals surface area contributed by atoms with E-state index in [0.717, 1.165) is 0 Å². The van der Waals surface area contributed by atoms with E-state index >= 15 is 0 Å². The predicted molar refractivity (Wildman–Crippen MR) is 61.9 cm³/mol. The fourth-order valence-corrected chi connectivity index (χ4v) is 1.51. The van der Waals surface area contributed by atoms with Gasteiger partial charge in [-0.25, -0.2) is 14.4 Å². The third kappa shape index (κ3) is 2.38. The van der Waals surface area contributed by atoms with E-state index in [1.165, 1.54) is 25.1 Å². The van der Waals surface area contributed by atoms with Crippen molar-refractivity contribution in [2.45, 2.75) is 18.9 Å². The summed E-state index contributed by atoms with van der Waals surface area (Å²) in [5, 5.41) is 3.21. The van der Waals surface area contributed by atoms with Crippen LogP contribution in [-0.2, 0) is 0 Å². The molecule has 1 N–H and O–H groups in total. The van der Waals surface area contributed by atoms with E-state index in [0.29, 0.717) is 23.4 Å². The predicted octanol–water partition coefficient (Wildman–Crippen LogP) is 2.25. The summed E-state index contributed by atoms with van der Waals surface area (Å²) in [4.78, 5) is 12.5. The van der Waals surface area contributed by atoms with Gasteiger partial charge in [0.15, 0.2) is 0 Å². The molecule has 0 atom stereocenters. The van der Waals surface area contributed by atoms with Crippen molar-refractivity contribution in [2.75, 3.05) is 5.32 Å². The van der Waals surface area contributed by atoms with Gasteiger partial charge >= 0.3 is 0 Å². The zero-order valence-corrected chi connectivity index (χ0v) is 9.10. The van der Waals surface area contributed by atoms with Crippen LogP contribution in [0.5, 0.6) is 0 Å². The molecule has 0 unspecified atom stereocenters. The summed E-state index contributed by atoms with van der Waals surface area (Å²) in [6, 6.07) is 5.25. The first-order valence-electron chi connectivity index (χ1n) is 5.53. The Morgan fingerprint density at radius 1 is 1.12 bits per heavy atom.